The molecule has 0 radical (unpaired) electrons. The Kier molecular flexibility index (Phi) is 3.76. The highest BCUT2D eigenvalue weighted by molar-refractivity contribution is 5.66. The summed E-state index contributed by atoms with van der Waals surface area (Å²) in [4.78, 5) is 13.7. The summed E-state index contributed by atoms with van der Waals surface area (Å²) in [6.45, 7) is 0. The Hall–Kier alpha value is -1.72. The second kappa shape index (κ2) is 4.87. The van der Waals surface area contributed by atoms with Gasteiger partial charge in [0.05, 0.1) is 13.5 Å². The largest absolute Gasteiger partial charge is 0.497 e. The molecule has 4 nitrogen and oxygen atoms in total. The number of hydrogen-bond acceptors (Lipinski definition) is 3. The van der Waals surface area contributed by atoms with E-state index in [1.165, 1.54) is 19.4 Å². The minimum Gasteiger partial charge on any atom is -0.497 e. The minimum absolute atomic E-state index is 0.264. The first kappa shape index (κ1) is 12.4. The topological polar surface area (TPSA) is 59.4 Å². The van der Waals surface area contributed by atoms with Gasteiger partial charge in [-0.3, -0.25) is 9.78 Å². The van der Waals surface area contributed by atoms with Gasteiger partial charge in [0, 0.05) is 18.7 Å². The highest BCUT2D eigenvalue weighted by atomic mass is 19.3. The molecule has 0 aliphatic rings. The molecular formula is C10H11F2NO3. The average molecular weight is 231 g/mol. The van der Waals surface area contributed by atoms with Gasteiger partial charge >= 0.3 is 5.97 Å². The maximum Gasteiger partial charge on any atom is 0.303 e. The van der Waals surface area contributed by atoms with E-state index >= 15 is 0 Å². The first-order valence-corrected chi connectivity index (χ1v) is 4.56. The van der Waals surface area contributed by atoms with Crippen LogP contribution in [0.15, 0.2) is 18.3 Å². The van der Waals surface area contributed by atoms with Crippen LogP contribution in [0.2, 0.25) is 0 Å². The van der Waals surface area contributed by atoms with E-state index in [0.717, 1.165) is 6.07 Å². The van der Waals surface area contributed by atoms with Gasteiger partial charge in [0.1, 0.15) is 11.4 Å². The molecule has 0 aliphatic heterocycles. The average Bonchev–Trinajstić information content (AvgIpc) is 2.27. The highest BCUT2D eigenvalue weighted by Gasteiger charge is 2.33. The van der Waals surface area contributed by atoms with Crippen molar-refractivity contribution in [2.75, 3.05) is 7.11 Å². The Morgan fingerprint density at radius 1 is 1.62 bits per heavy atom. The number of carbonyl (C=O) groups is 1. The van der Waals surface area contributed by atoms with Gasteiger partial charge in [0.25, 0.3) is 5.92 Å². The summed E-state index contributed by atoms with van der Waals surface area (Å²) in [5.74, 6) is -4.25. The molecule has 0 amide bonds. The SMILES string of the molecule is COc1ccnc(C(F)(F)CCC(=O)O)c1. The zero-order valence-corrected chi connectivity index (χ0v) is 8.61. The molecular weight excluding hydrogens is 220 g/mol. The molecule has 0 spiro atoms. The van der Waals surface area contributed by atoms with Gasteiger partial charge in [-0.15, -0.1) is 0 Å². The van der Waals surface area contributed by atoms with Gasteiger partial charge in [-0.2, -0.15) is 8.78 Å². The van der Waals surface area contributed by atoms with Gasteiger partial charge < -0.3 is 9.84 Å². The second-order valence-corrected chi connectivity index (χ2v) is 3.18. The van der Waals surface area contributed by atoms with E-state index in [9.17, 15) is 13.6 Å². The highest BCUT2D eigenvalue weighted by Crippen LogP contribution is 2.32. The number of ether oxygens (including phenoxy) is 1. The summed E-state index contributed by atoms with van der Waals surface area (Å²) in [5, 5.41) is 8.35. The lowest BCUT2D eigenvalue weighted by molar-refractivity contribution is -0.139. The van der Waals surface area contributed by atoms with Crippen molar-refractivity contribution >= 4 is 5.97 Å². The van der Waals surface area contributed by atoms with E-state index in [-0.39, 0.29) is 5.75 Å². The van der Waals surface area contributed by atoms with Gasteiger partial charge in [0.15, 0.2) is 0 Å². The van der Waals surface area contributed by atoms with Crippen molar-refractivity contribution in [1.29, 1.82) is 0 Å². The predicted octanol–water partition coefficient (Wildman–Crippen LogP) is 2.05. The number of rotatable bonds is 5. The van der Waals surface area contributed by atoms with E-state index in [2.05, 4.69) is 4.98 Å². The maximum absolute atomic E-state index is 13.5. The van der Waals surface area contributed by atoms with Crippen LogP contribution in [0.4, 0.5) is 8.78 Å². The molecule has 0 aromatic carbocycles. The van der Waals surface area contributed by atoms with E-state index in [1.807, 2.05) is 0 Å². The zero-order chi connectivity index (χ0) is 12.2. The van der Waals surface area contributed by atoms with Crippen LogP contribution in [0.5, 0.6) is 5.75 Å². The van der Waals surface area contributed by atoms with Gasteiger partial charge in [0.2, 0.25) is 0 Å². The predicted molar refractivity (Wildman–Crippen MR) is 51.6 cm³/mol. The number of aromatic nitrogens is 1. The summed E-state index contributed by atoms with van der Waals surface area (Å²) < 4.78 is 31.7. The fourth-order valence-electron chi connectivity index (χ4n) is 1.13. The fourth-order valence-corrected chi connectivity index (χ4v) is 1.13. The lowest BCUT2D eigenvalue weighted by Gasteiger charge is -2.14. The van der Waals surface area contributed by atoms with Crippen LogP contribution >= 0.6 is 0 Å². The van der Waals surface area contributed by atoms with Crippen molar-refractivity contribution in [2.45, 2.75) is 18.8 Å². The van der Waals surface area contributed by atoms with Crippen LogP contribution in [-0.2, 0) is 10.7 Å². The van der Waals surface area contributed by atoms with Crippen LogP contribution in [0.1, 0.15) is 18.5 Å². The van der Waals surface area contributed by atoms with Crippen molar-refractivity contribution in [3.63, 3.8) is 0 Å². The third-order valence-electron chi connectivity index (χ3n) is 1.99. The summed E-state index contributed by atoms with van der Waals surface area (Å²) in [6, 6.07) is 2.54. The Balaban J connectivity index is 2.83. The first-order valence-electron chi connectivity index (χ1n) is 4.56. The molecule has 0 atom stereocenters. The Labute approximate surface area is 90.9 Å². The van der Waals surface area contributed by atoms with Crippen LogP contribution in [-0.4, -0.2) is 23.2 Å². The molecule has 0 saturated carbocycles. The van der Waals surface area contributed by atoms with Gasteiger partial charge in [-0.25, -0.2) is 0 Å². The van der Waals surface area contributed by atoms with Gasteiger partial charge in [-0.1, -0.05) is 0 Å². The number of carboxylic acid groups (broad SMARTS) is 1. The van der Waals surface area contributed by atoms with Crippen molar-refractivity contribution in [3.05, 3.63) is 24.0 Å². The van der Waals surface area contributed by atoms with E-state index in [1.54, 1.807) is 0 Å². The summed E-state index contributed by atoms with van der Waals surface area (Å²) in [6.07, 6.45) is -0.183. The number of hydrogen-bond donors (Lipinski definition) is 1. The van der Waals surface area contributed by atoms with Crippen molar-refractivity contribution in [2.24, 2.45) is 0 Å². The Morgan fingerprint density at radius 3 is 2.88 bits per heavy atom. The van der Waals surface area contributed by atoms with Crippen molar-refractivity contribution in [1.82, 2.24) is 4.98 Å². The number of pyridine rings is 1. The van der Waals surface area contributed by atoms with Crippen molar-refractivity contribution in [3.8, 4) is 5.75 Å². The first-order chi connectivity index (χ1) is 7.45. The molecule has 1 rings (SSSR count). The number of halogens is 2. The van der Waals surface area contributed by atoms with Gasteiger partial charge in [-0.05, 0) is 6.07 Å². The molecule has 1 aromatic rings. The molecule has 0 aliphatic carbocycles. The third kappa shape index (κ3) is 3.15. The monoisotopic (exact) mass is 231 g/mol. The van der Waals surface area contributed by atoms with E-state index in [0.29, 0.717) is 0 Å². The van der Waals surface area contributed by atoms with Crippen LogP contribution in [0.25, 0.3) is 0 Å². The Bertz CT molecular complexity index is 382. The number of alkyl halides is 2. The van der Waals surface area contributed by atoms with E-state index in [4.69, 9.17) is 9.84 Å². The third-order valence-corrected chi connectivity index (χ3v) is 1.99. The molecule has 1 heterocycles. The van der Waals surface area contributed by atoms with Crippen LogP contribution in [0.3, 0.4) is 0 Å². The molecule has 1 N–H and O–H groups in total. The number of carboxylic acids is 1. The number of nitrogens with zero attached hydrogens (tertiary/aromatic N) is 1. The minimum atomic E-state index is -3.26. The lowest BCUT2D eigenvalue weighted by Crippen LogP contribution is -2.17. The summed E-state index contributed by atoms with van der Waals surface area (Å²) in [5.41, 5.74) is -0.479. The zero-order valence-electron chi connectivity index (χ0n) is 8.61. The normalized spacial score (nSPS) is 11.2. The Morgan fingerprint density at radius 2 is 2.31 bits per heavy atom. The second-order valence-electron chi connectivity index (χ2n) is 3.18. The molecule has 88 valence electrons. The quantitative estimate of drug-likeness (QED) is 0.842. The van der Waals surface area contributed by atoms with E-state index < -0.39 is 30.4 Å². The summed E-state index contributed by atoms with van der Waals surface area (Å²) >= 11 is 0. The smallest absolute Gasteiger partial charge is 0.303 e. The van der Waals surface area contributed by atoms with Crippen molar-refractivity contribution < 1.29 is 23.4 Å². The van der Waals surface area contributed by atoms with Crippen LogP contribution < -0.4 is 4.74 Å². The standard InChI is InChI=1S/C10H11F2NO3/c1-16-7-3-5-13-8(6-7)10(11,12)4-2-9(14)15/h3,5-6H,2,4H2,1H3,(H,14,15). The number of aliphatic carboxylic acids is 1. The summed E-state index contributed by atoms with van der Waals surface area (Å²) in [7, 11) is 1.36. The van der Waals surface area contributed by atoms with Crippen LogP contribution in [0, 0.1) is 0 Å². The number of methoxy groups -OCH3 is 1. The molecule has 0 bridgehead atoms. The molecule has 16 heavy (non-hydrogen) atoms. The molecule has 0 unspecified atom stereocenters. The fraction of sp³-hybridized carbons (Fsp3) is 0.400. The maximum atomic E-state index is 13.5. The lowest BCUT2D eigenvalue weighted by atomic mass is 10.1. The molecule has 1 aromatic heterocycles. The molecule has 0 fully saturated rings. The molecule has 0 saturated heterocycles. The molecule has 6 heteroatoms.